The molecule has 0 saturated carbocycles. The first-order valence-electron chi connectivity index (χ1n) is 6.87. The maximum Gasteiger partial charge on any atom is 0.228 e. The molecule has 3 rings (SSSR count). The van der Waals surface area contributed by atoms with Gasteiger partial charge in [0.05, 0.1) is 30.0 Å². The van der Waals surface area contributed by atoms with Gasteiger partial charge in [-0.15, -0.1) is 22.7 Å². The lowest BCUT2D eigenvalue weighted by molar-refractivity contribution is -0.129. The molecule has 2 N–H and O–H groups in total. The Bertz CT molecular complexity index is 803. The number of thiazole rings is 2. The van der Waals surface area contributed by atoms with E-state index in [0.29, 0.717) is 19.5 Å². The highest BCUT2D eigenvalue weighted by Gasteiger charge is 2.16. The molecule has 1 amide bonds. The fourth-order valence-corrected chi connectivity index (χ4v) is 3.71. The van der Waals surface area contributed by atoms with Gasteiger partial charge in [0.15, 0.2) is 4.96 Å². The SMILES string of the molecule is Cc1nc2sccn2c1CN(C)C(=O)Cc1csc(CN)n1. The summed E-state index contributed by atoms with van der Waals surface area (Å²) in [5.74, 6) is 0.0402. The Morgan fingerprint density at radius 2 is 2.23 bits per heavy atom. The Morgan fingerprint density at radius 3 is 2.95 bits per heavy atom. The molecule has 0 fully saturated rings. The average Bonchev–Trinajstić information content (AvgIpc) is 3.18. The number of imidazole rings is 1. The molecule has 22 heavy (non-hydrogen) atoms. The maximum absolute atomic E-state index is 12.4. The number of rotatable bonds is 5. The zero-order valence-electron chi connectivity index (χ0n) is 12.4. The second-order valence-electron chi connectivity index (χ2n) is 5.06. The lowest BCUT2D eigenvalue weighted by Crippen LogP contribution is -2.28. The minimum Gasteiger partial charge on any atom is -0.340 e. The highest BCUT2D eigenvalue weighted by Crippen LogP contribution is 2.18. The quantitative estimate of drug-likeness (QED) is 0.771. The van der Waals surface area contributed by atoms with Gasteiger partial charge < -0.3 is 10.6 Å². The third-order valence-electron chi connectivity index (χ3n) is 3.48. The van der Waals surface area contributed by atoms with Crippen molar-refractivity contribution in [3.8, 4) is 0 Å². The van der Waals surface area contributed by atoms with Gasteiger partial charge in [0.2, 0.25) is 5.91 Å². The summed E-state index contributed by atoms with van der Waals surface area (Å²) in [6, 6.07) is 0. The summed E-state index contributed by atoms with van der Waals surface area (Å²) in [5.41, 5.74) is 8.34. The van der Waals surface area contributed by atoms with Crippen LogP contribution in [0.3, 0.4) is 0 Å². The van der Waals surface area contributed by atoms with E-state index in [0.717, 1.165) is 27.1 Å². The number of hydrogen-bond acceptors (Lipinski definition) is 6. The molecule has 0 spiro atoms. The number of amides is 1. The number of fused-ring (bicyclic) bond motifs is 1. The van der Waals surface area contributed by atoms with Gasteiger partial charge in [0, 0.05) is 30.5 Å². The number of nitrogens with two attached hydrogens (primary N) is 1. The monoisotopic (exact) mass is 335 g/mol. The third-order valence-corrected chi connectivity index (χ3v) is 5.16. The topological polar surface area (TPSA) is 76.5 Å². The Morgan fingerprint density at radius 1 is 1.41 bits per heavy atom. The van der Waals surface area contributed by atoms with Gasteiger partial charge >= 0.3 is 0 Å². The molecule has 3 aromatic rings. The number of hydrogen-bond donors (Lipinski definition) is 1. The Kier molecular flexibility index (Phi) is 4.23. The number of carbonyl (C=O) groups excluding carboxylic acids is 1. The maximum atomic E-state index is 12.4. The predicted octanol–water partition coefficient (Wildman–Crippen LogP) is 1.82. The molecule has 0 radical (unpaired) electrons. The summed E-state index contributed by atoms with van der Waals surface area (Å²) < 4.78 is 2.04. The van der Waals surface area contributed by atoms with Crippen molar-refractivity contribution in [3.63, 3.8) is 0 Å². The van der Waals surface area contributed by atoms with Crippen LogP contribution in [-0.2, 0) is 24.3 Å². The molecule has 3 aromatic heterocycles. The molecule has 0 aliphatic carbocycles. The van der Waals surface area contributed by atoms with E-state index in [1.165, 1.54) is 11.3 Å². The van der Waals surface area contributed by atoms with Gasteiger partial charge in [0.25, 0.3) is 0 Å². The van der Waals surface area contributed by atoms with Crippen LogP contribution in [0.4, 0.5) is 0 Å². The molecule has 0 bridgehead atoms. The van der Waals surface area contributed by atoms with E-state index in [1.807, 2.05) is 35.3 Å². The molecule has 0 unspecified atom stereocenters. The molecular formula is C14H17N5OS2. The van der Waals surface area contributed by atoms with Crippen LogP contribution in [0.2, 0.25) is 0 Å². The molecule has 8 heteroatoms. The zero-order valence-corrected chi connectivity index (χ0v) is 14.1. The Balaban J connectivity index is 1.70. The summed E-state index contributed by atoms with van der Waals surface area (Å²) >= 11 is 3.09. The number of nitrogens with zero attached hydrogens (tertiary/aromatic N) is 4. The van der Waals surface area contributed by atoms with Crippen molar-refractivity contribution in [2.24, 2.45) is 5.73 Å². The molecule has 6 nitrogen and oxygen atoms in total. The third kappa shape index (κ3) is 2.90. The Labute approximate surface area is 136 Å². The Hall–Kier alpha value is -1.77. The first-order valence-corrected chi connectivity index (χ1v) is 8.62. The van der Waals surface area contributed by atoms with Crippen LogP contribution in [0.15, 0.2) is 17.0 Å². The van der Waals surface area contributed by atoms with Gasteiger partial charge in [-0.1, -0.05) is 0 Å². The summed E-state index contributed by atoms with van der Waals surface area (Å²) in [4.78, 5) is 23.9. The molecule has 0 aliphatic heterocycles. The van der Waals surface area contributed by atoms with E-state index >= 15 is 0 Å². The van der Waals surface area contributed by atoms with Crippen molar-refractivity contribution in [3.05, 3.63) is 39.0 Å². The smallest absolute Gasteiger partial charge is 0.228 e. The highest BCUT2D eigenvalue weighted by atomic mass is 32.1. The summed E-state index contributed by atoms with van der Waals surface area (Å²) in [6.45, 7) is 2.93. The van der Waals surface area contributed by atoms with Crippen LogP contribution >= 0.6 is 22.7 Å². The van der Waals surface area contributed by atoms with Crippen LogP contribution in [0.25, 0.3) is 4.96 Å². The van der Waals surface area contributed by atoms with Crippen molar-refractivity contribution in [1.29, 1.82) is 0 Å². The second-order valence-corrected chi connectivity index (χ2v) is 6.88. The van der Waals surface area contributed by atoms with E-state index in [1.54, 1.807) is 16.2 Å². The number of aryl methyl sites for hydroxylation is 1. The zero-order chi connectivity index (χ0) is 15.7. The largest absolute Gasteiger partial charge is 0.340 e. The fraction of sp³-hybridized carbons (Fsp3) is 0.357. The van der Waals surface area contributed by atoms with E-state index in [4.69, 9.17) is 5.73 Å². The van der Waals surface area contributed by atoms with Crippen LogP contribution in [0.5, 0.6) is 0 Å². The van der Waals surface area contributed by atoms with Crippen molar-refractivity contribution < 1.29 is 4.79 Å². The summed E-state index contributed by atoms with van der Waals surface area (Å²) in [7, 11) is 1.81. The minimum atomic E-state index is 0.0402. The summed E-state index contributed by atoms with van der Waals surface area (Å²) in [5, 5.41) is 4.75. The van der Waals surface area contributed by atoms with E-state index in [-0.39, 0.29) is 5.91 Å². The predicted molar refractivity (Wildman–Crippen MR) is 88.0 cm³/mol. The molecule has 0 aliphatic rings. The van der Waals surface area contributed by atoms with Gasteiger partial charge in [-0.3, -0.25) is 9.20 Å². The highest BCUT2D eigenvalue weighted by molar-refractivity contribution is 7.15. The van der Waals surface area contributed by atoms with Crippen LogP contribution in [0, 0.1) is 6.92 Å². The normalized spacial score (nSPS) is 11.2. The first kappa shape index (κ1) is 15.1. The standard InChI is InChI=1S/C14H17N5OS2/c1-9-11(19-3-4-21-14(19)16-9)7-18(2)13(20)5-10-8-22-12(6-15)17-10/h3-4,8H,5-7,15H2,1-2H3. The van der Waals surface area contributed by atoms with E-state index < -0.39 is 0 Å². The van der Waals surface area contributed by atoms with Gasteiger partial charge in [-0.25, -0.2) is 9.97 Å². The lowest BCUT2D eigenvalue weighted by atomic mass is 10.2. The average molecular weight is 335 g/mol. The van der Waals surface area contributed by atoms with Crippen molar-refractivity contribution in [1.82, 2.24) is 19.3 Å². The van der Waals surface area contributed by atoms with Crippen molar-refractivity contribution in [2.45, 2.75) is 26.4 Å². The van der Waals surface area contributed by atoms with Crippen LogP contribution in [-0.4, -0.2) is 32.2 Å². The molecule has 116 valence electrons. The number of carbonyl (C=O) groups is 1. The minimum absolute atomic E-state index is 0.0402. The first-order chi connectivity index (χ1) is 10.6. The van der Waals surface area contributed by atoms with E-state index in [2.05, 4.69) is 9.97 Å². The van der Waals surface area contributed by atoms with Crippen molar-refractivity contribution >= 4 is 33.5 Å². The lowest BCUT2D eigenvalue weighted by Gasteiger charge is -2.16. The second kappa shape index (κ2) is 6.15. The van der Waals surface area contributed by atoms with Gasteiger partial charge in [-0.05, 0) is 6.92 Å². The van der Waals surface area contributed by atoms with Crippen molar-refractivity contribution in [2.75, 3.05) is 7.05 Å². The molecule has 0 saturated heterocycles. The van der Waals surface area contributed by atoms with Gasteiger partial charge in [-0.2, -0.15) is 0 Å². The summed E-state index contributed by atoms with van der Waals surface area (Å²) in [6.07, 6.45) is 2.29. The molecule has 0 atom stereocenters. The number of likely N-dealkylation sites (N-methyl/N-ethyl adjacent to an activating group) is 1. The van der Waals surface area contributed by atoms with Crippen LogP contribution < -0.4 is 5.73 Å². The number of aromatic nitrogens is 3. The molecular weight excluding hydrogens is 318 g/mol. The fourth-order valence-electron chi connectivity index (χ4n) is 2.26. The molecule has 0 aromatic carbocycles. The van der Waals surface area contributed by atoms with Gasteiger partial charge in [0.1, 0.15) is 5.01 Å². The molecule has 3 heterocycles. The van der Waals surface area contributed by atoms with Crippen LogP contribution in [0.1, 0.15) is 22.1 Å². The van der Waals surface area contributed by atoms with E-state index in [9.17, 15) is 4.79 Å².